The van der Waals surface area contributed by atoms with Crippen molar-refractivity contribution in [2.75, 3.05) is 7.05 Å². The molecule has 1 unspecified atom stereocenters. The highest BCUT2D eigenvalue weighted by Gasteiger charge is 1.96. The van der Waals surface area contributed by atoms with Gasteiger partial charge in [-0.2, -0.15) is 0 Å². The van der Waals surface area contributed by atoms with Crippen LogP contribution >= 0.6 is 0 Å². The first-order valence-electron chi connectivity index (χ1n) is 4.63. The monoisotopic (exact) mass is 214 g/mol. The first-order valence-corrected chi connectivity index (χ1v) is 5.85. The molecule has 0 saturated carbocycles. The first-order chi connectivity index (χ1) is 6.74. The summed E-state index contributed by atoms with van der Waals surface area (Å²) in [6.45, 7) is 4.82. The number of nitrogens with two attached hydrogens (primary N) is 1. The molecule has 0 saturated heterocycles. The fraction of sp³-hybridized carbons (Fsp3) is 0.400. The van der Waals surface area contributed by atoms with Gasteiger partial charge in [0, 0.05) is 6.54 Å². The molecule has 0 aromatic heterocycles. The Morgan fingerprint density at radius 1 is 1.29 bits per heavy atom. The van der Waals surface area contributed by atoms with Crippen molar-refractivity contribution in [3.63, 3.8) is 0 Å². The molecular formula is C10H18N2OS. The van der Waals surface area contributed by atoms with Crippen LogP contribution in [0.1, 0.15) is 19.4 Å². The van der Waals surface area contributed by atoms with E-state index in [-0.39, 0.29) is 0 Å². The van der Waals surface area contributed by atoms with Crippen LogP contribution in [0.3, 0.4) is 0 Å². The summed E-state index contributed by atoms with van der Waals surface area (Å²) in [5, 5.41) is 8.22. The zero-order valence-electron chi connectivity index (χ0n) is 8.91. The predicted molar refractivity (Wildman–Crippen MR) is 61.1 cm³/mol. The van der Waals surface area contributed by atoms with E-state index >= 15 is 0 Å². The van der Waals surface area contributed by atoms with Gasteiger partial charge in [0.25, 0.3) is 0 Å². The Hall–Kier alpha value is -0.710. The van der Waals surface area contributed by atoms with Crippen LogP contribution in [0.15, 0.2) is 29.2 Å². The van der Waals surface area contributed by atoms with Gasteiger partial charge in [-0.05, 0) is 24.7 Å². The van der Waals surface area contributed by atoms with Crippen LogP contribution in [0.4, 0.5) is 0 Å². The highest BCUT2D eigenvalue weighted by atomic mass is 32.2. The van der Waals surface area contributed by atoms with Crippen molar-refractivity contribution >= 4 is 11.0 Å². The molecule has 0 amide bonds. The summed E-state index contributed by atoms with van der Waals surface area (Å²) < 4.78 is 10.8. The Kier molecular flexibility index (Phi) is 7.28. The van der Waals surface area contributed by atoms with E-state index in [1.807, 2.05) is 33.0 Å². The molecule has 1 aromatic carbocycles. The maximum atomic E-state index is 10.8. The lowest BCUT2D eigenvalue weighted by molar-refractivity contribution is 0.684. The zero-order chi connectivity index (χ0) is 11.0. The van der Waals surface area contributed by atoms with Crippen molar-refractivity contribution in [1.29, 1.82) is 0 Å². The van der Waals surface area contributed by atoms with E-state index in [1.54, 1.807) is 12.1 Å². The molecule has 3 N–H and O–H groups in total. The third kappa shape index (κ3) is 4.50. The van der Waals surface area contributed by atoms with Gasteiger partial charge in [0.15, 0.2) is 0 Å². The average molecular weight is 214 g/mol. The molecule has 0 aliphatic rings. The van der Waals surface area contributed by atoms with Crippen molar-refractivity contribution in [3.8, 4) is 0 Å². The fourth-order valence-electron chi connectivity index (χ4n) is 0.946. The molecule has 4 heteroatoms. The number of benzene rings is 1. The van der Waals surface area contributed by atoms with Gasteiger partial charge in [-0.3, -0.25) is 0 Å². The summed E-state index contributed by atoms with van der Waals surface area (Å²) in [7, 11) is 0.522. The molecule has 0 radical (unpaired) electrons. The normalized spacial score (nSPS) is 11.4. The minimum absolute atomic E-state index is 0.662. The number of hydrogen-bond donors (Lipinski definition) is 2. The van der Waals surface area contributed by atoms with Gasteiger partial charge >= 0.3 is 0 Å². The smallest absolute Gasteiger partial charge is 0.122 e. The van der Waals surface area contributed by atoms with Gasteiger partial charge in [-0.25, -0.2) is 9.35 Å². The second-order valence-corrected chi connectivity index (χ2v) is 3.54. The van der Waals surface area contributed by atoms with Crippen molar-refractivity contribution in [3.05, 3.63) is 29.8 Å². The van der Waals surface area contributed by atoms with E-state index in [2.05, 4.69) is 5.32 Å². The van der Waals surface area contributed by atoms with E-state index in [1.165, 1.54) is 0 Å². The van der Waals surface area contributed by atoms with Gasteiger partial charge < -0.3 is 5.32 Å². The number of rotatable bonds is 3. The fourth-order valence-corrected chi connectivity index (χ4v) is 1.35. The molecule has 0 heterocycles. The number of nitrogens with one attached hydrogen (secondary N) is 1. The van der Waals surface area contributed by atoms with E-state index in [0.29, 0.717) is 4.90 Å². The van der Waals surface area contributed by atoms with Crippen molar-refractivity contribution in [2.45, 2.75) is 25.3 Å². The lowest BCUT2D eigenvalue weighted by Crippen LogP contribution is -2.06. The zero-order valence-corrected chi connectivity index (χ0v) is 9.73. The largest absolute Gasteiger partial charge is 0.316 e. The Labute approximate surface area is 88.3 Å². The van der Waals surface area contributed by atoms with E-state index < -0.39 is 11.0 Å². The molecule has 0 spiro atoms. The maximum Gasteiger partial charge on any atom is 0.122 e. The van der Waals surface area contributed by atoms with Crippen molar-refractivity contribution < 1.29 is 4.21 Å². The van der Waals surface area contributed by atoms with Crippen LogP contribution in [0.25, 0.3) is 0 Å². The average Bonchev–Trinajstić information content (AvgIpc) is 2.22. The summed E-state index contributed by atoms with van der Waals surface area (Å²) in [6, 6.07) is 7.39. The van der Waals surface area contributed by atoms with Crippen molar-refractivity contribution in [2.24, 2.45) is 5.14 Å². The summed E-state index contributed by atoms with van der Waals surface area (Å²) in [5.41, 5.74) is 1.16. The van der Waals surface area contributed by atoms with Crippen LogP contribution in [0.5, 0.6) is 0 Å². The van der Waals surface area contributed by atoms with Gasteiger partial charge in [0.1, 0.15) is 11.0 Å². The Balaban J connectivity index is 0.000000791. The van der Waals surface area contributed by atoms with Gasteiger partial charge in [0.05, 0.1) is 4.90 Å². The third-order valence-corrected chi connectivity index (χ3v) is 2.27. The van der Waals surface area contributed by atoms with Gasteiger partial charge in [-0.15, -0.1) is 0 Å². The van der Waals surface area contributed by atoms with Gasteiger partial charge in [0.2, 0.25) is 0 Å². The van der Waals surface area contributed by atoms with Crippen LogP contribution in [0, 0.1) is 0 Å². The maximum absolute atomic E-state index is 10.8. The van der Waals surface area contributed by atoms with Crippen molar-refractivity contribution in [1.82, 2.24) is 5.32 Å². The van der Waals surface area contributed by atoms with E-state index in [0.717, 1.165) is 12.1 Å². The lowest BCUT2D eigenvalue weighted by atomic mass is 10.2. The molecule has 0 aliphatic carbocycles. The summed E-state index contributed by atoms with van der Waals surface area (Å²) >= 11 is 0. The Bertz CT molecular complexity index is 272. The molecule has 0 bridgehead atoms. The Morgan fingerprint density at radius 3 is 2.14 bits per heavy atom. The third-order valence-electron chi connectivity index (χ3n) is 1.54. The lowest BCUT2D eigenvalue weighted by Gasteiger charge is -2.00. The van der Waals surface area contributed by atoms with Crippen LogP contribution in [-0.4, -0.2) is 11.3 Å². The predicted octanol–water partition coefficient (Wildman–Crippen LogP) is 1.41. The first kappa shape index (κ1) is 13.3. The van der Waals surface area contributed by atoms with Crippen LogP contribution in [0.2, 0.25) is 0 Å². The quantitative estimate of drug-likeness (QED) is 0.799. The molecule has 80 valence electrons. The van der Waals surface area contributed by atoms with Gasteiger partial charge in [-0.1, -0.05) is 26.0 Å². The molecule has 0 fully saturated rings. The molecule has 1 atom stereocenters. The summed E-state index contributed by atoms with van der Waals surface area (Å²) in [4.78, 5) is 0.662. The van der Waals surface area contributed by atoms with E-state index in [4.69, 9.17) is 5.14 Å². The highest BCUT2D eigenvalue weighted by molar-refractivity contribution is 7.82. The SMILES string of the molecule is CC.CNCc1ccc(S(N)=O)cc1. The standard InChI is InChI=1S/C8H12N2OS.C2H6/c1-10-6-7-2-4-8(5-3-7)12(9)11;1-2/h2-5,10H,6,9H2,1H3;1-2H3. The molecule has 0 aliphatic heterocycles. The molecule has 1 rings (SSSR count). The molecule has 14 heavy (non-hydrogen) atoms. The van der Waals surface area contributed by atoms with Crippen LogP contribution in [-0.2, 0) is 17.5 Å². The molecule has 3 nitrogen and oxygen atoms in total. The van der Waals surface area contributed by atoms with Crippen LogP contribution < -0.4 is 10.5 Å². The minimum atomic E-state index is -1.36. The second-order valence-electron chi connectivity index (χ2n) is 2.47. The number of hydrogen-bond acceptors (Lipinski definition) is 2. The molecule has 1 aromatic rings. The summed E-state index contributed by atoms with van der Waals surface area (Å²) in [6.07, 6.45) is 0. The second kappa shape index (κ2) is 7.67. The van der Waals surface area contributed by atoms with E-state index in [9.17, 15) is 4.21 Å². The minimum Gasteiger partial charge on any atom is -0.316 e. The Morgan fingerprint density at radius 2 is 1.79 bits per heavy atom. The molecular weight excluding hydrogens is 196 g/mol. The highest BCUT2D eigenvalue weighted by Crippen LogP contribution is 2.05. The summed E-state index contributed by atoms with van der Waals surface area (Å²) in [5.74, 6) is 0. The topological polar surface area (TPSA) is 55.1 Å².